The van der Waals surface area contributed by atoms with Gasteiger partial charge < -0.3 is 10.6 Å². The molecule has 0 spiro atoms. The maximum atomic E-state index is 12.4. The second-order valence-electron chi connectivity index (χ2n) is 5.72. The molecule has 0 saturated heterocycles. The third-order valence-electron chi connectivity index (χ3n) is 3.72. The number of anilines is 1. The Kier molecular flexibility index (Phi) is 7.00. The first kappa shape index (κ1) is 19.9. The minimum absolute atomic E-state index is 0.0714. The Morgan fingerprint density at radius 1 is 1.07 bits per heavy atom. The number of amides is 2. The van der Waals surface area contributed by atoms with E-state index in [1.54, 1.807) is 13.1 Å². The maximum absolute atomic E-state index is 12.4. The molecule has 0 radical (unpaired) electrons. The topological polar surface area (TPSA) is 71.1 Å². The van der Waals surface area contributed by atoms with Crippen LogP contribution in [0.1, 0.15) is 5.56 Å². The van der Waals surface area contributed by atoms with Crippen molar-refractivity contribution in [3.63, 3.8) is 0 Å². The fraction of sp³-hybridized carbons (Fsp3) is 0.0952. The van der Waals surface area contributed by atoms with Crippen molar-refractivity contribution in [2.24, 2.45) is 0 Å². The first-order chi connectivity index (χ1) is 13.7. The highest BCUT2D eigenvalue weighted by molar-refractivity contribution is 8.01. The second-order valence-corrected chi connectivity index (χ2v) is 7.94. The van der Waals surface area contributed by atoms with E-state index in [4.69, 9.17) is 0 Å². The van der Waals surface area contributed by atoms with Crippen molar-refractivity contribution in [2.75, 3.05) is 18.1 Å². The van der Waals surface area contributed by atoms with Gasteiger partial charge in [0, 0.05) is 18.7 Å². The van der Waals surface area contributed by atoms with Crippen LogP contribution >= 0.6 is 23.1 Å². The first-order valence-electron chi connectivity index (χ1n) is 8.59. The Bertz CT molecular complexity index is 970. The molecule has 0 bridgehead atoms. The van der Waals surface area contributed by atoms with E-state index >= 15 is 0 Å². The fourth-order valence-electron chi connectivity index (χ4n) is 2.33. The molecule has 0 aliphatic carbocycles. The lowest BCUT2D eigenvalue weighted by Gasteiger charge is -2.02. The number of rotatable bonds is 7. The quantitative estimate of drug-likeness (QED) is 0.451. The molecule has 5 nitrogen and oxygen atoms in total. The van der Waals surface area contributed by atoms with Crippen LogP contribution in [0.3, 0.4) is 0 Å². The number of thiazole rings is 1. The van der Waals surface area contributed by atoms with Crippen LogP contribution in [0.5, 0.6) is 0 Å². The Balaban J connectivity index is 1.79. The Hall–Kier alpha value is -2.90. The predicted octanol–water partition coefficient (Wildman–Crippen LogP) is 4.30. The molecular formula is C21H19N3O2S2. The normalized spacial score (nSPS) is 10.8. The summed E-state index contributed by atoms with van der Waals surface area (Å²) in [6, 6.07) is 19.3. The molecule has 28 heavy (non-hydrogen) atoms. The number of benzene rings is 2. The number of thioether (sulfide) groups is 1. The summed E-state index contributed by atoms with van der Waals surface area (Å²) in [7, 11) is 1.60. The molecule has 0 saturated carbocycles. The van der Waals surface area contributed by atoms with E-state index in [-0.39, 0.29) is 17.6 Å². The lowest BCUT2D eigenvalue weighted by molar-refractivity contribution is -0.118. The molecule has 0 fully saturated rings. The van der Waals surface area contributed by atoms with Crippen LogP contribution < -0.4 is 10.6 Å². The third-order valence-corrected chi connectivity index (χ3v) is 5.84. The highest BCUT2D eigenvalue weighted by Gasteiger charge is 2.15. The number of nitrogens with zero attached hydrogens (tertiary/aromatic N) is 1. The zero-order valence-corrected chi connectivity index (χ0v) is 16.8. The molecule has 0 atom stereocenters. The van der Waals surface area contributed by atoms with E-state index < -0.39 is 0 Å². The standard InChI is InChI=1S/C21H19N3O2S2/c1-22-18(26)14-27-21-24-19(16-10-6-3-7-11-16)20(28-21)23-17(25)13-12-15-8-4-2-5-9-15/h2-13H,14H2,1H3,(H,22,26)(H,23,25). The van der Waals surface area contributed by atoms with E-state index in [1.807, 2.05) is 60.7 Å². The number of carbonyl (C=O) groups is 2. The highest BCUT2D eigenvalue weighted by atomic mass is 32.2. The van der Waals surface area contributed by atoms with E-state index in [9.17, 15) is 9.59 Å². The minimum atomic E-state index is -0.229. The van der Waals surface area contributed by atoms with Crippen LogP contribution in [-0.4, -0.2) is 29.6 Å². The van der Waals surface area contributed by atoms with E-state index in [0.29, 0.717) is 10.7 Å². The molecule has 2 aromatic carbocycles. The molecule has 3 rings (SSSR count). The molecule has 3 aromatic rings. The predicted molar refractivity (Wildman–Crippen MR) is 116 cm³/mol. The van der Waals surface area contributed by atoms with Gasteiger partial charge in [-0.25, -0.2) is 4.98 Å². The molecule has 142 valence electrons. The highest BCUT2D eigenvalue weighted by Crippen LogP contribution is 2.37. The Morgan fingerprint density at radius 2 is 1.75 bits per heavy atom. The number of hydrogen-bond donors (Lipinski definition) is 2. The molecule has 2 N–H and O–H groups in total. The zero-order valence-electron chi connectivity index (χ0n) is 15.2. The summed E-state index contributed by atoms with van der Waals surface area (Å²) in [5.74, 6) is -0.0233. The summed E-state index contributed by atoms with van der Waals surface area (Å²) in [6.45, 7) is 0. The van der Waals surface area contributed by atoms with Crippen molar-refractivity contribution in [1.82, 2.24) is 10.3 Å². The second kappa shape index (κ2) is 9.87. The van der Waals surface area contributed by atoms with E-state index in [1.165, 1.54) is 29.2 Å². The minimum Gasteiger partial charge on any atom is -0.358 e. The van der Waals surface area contributed by atoms with Gasteiger partial charge in [0.15, 0.2) is 4.34 Å². The average molecular weight is 410 g/mol. The van der Waals surface area contributed by atoms with Gasteiger partial charge in [-0.3, -0.25) is 9.59 Å². The van der Waals surface area contributed by atoms with Crippen molar-refractivity contribution in [3.8, 4) is 11.3 Å². The van der Waals surface area contributed by atoms with Gasteiger partial charge in [0.1, 0.15) is 10.7 Å². The molecule has 2 amide bonds. The van der Waals surface area contributed by atoms with Gasteiger partial charge in [0.05, 0.1) is 5.75 Å². The number of hydrogen-bond acceptors (Lipinski definition) is 5. The van der Waals surface area contributed by atoms with Crippen LogP contribution in [0, 0.1) is 0 Å². The summed E-state index contributed by atoms with van der Waals surface area (Å²) in [6.07, 6.45) is 3.26. The third kappa shape index (κ3) is 5.55. The van der Waals surface area contributed by atoms with Crippen molar-refractivity contribution >= 4 is 46.0 Å². The van der Waals surface area contributed by atoms with Crippen LogP contribution in [0.2, 0.25) is 0 Å². The molecule has 0 aliphatic rings. The van der Waals surface area contributed by atoms with E-state index in [2.05, 4.69) is 15.6 Å². The van der Waals surface area contributed by atoms with Gasteiger partial charge >= 0.3 is 0 Å². The summed E-state index contributed by atoms with van der Waals surface area (Å²) in [4.78, 5) is 28.5. The van der Waals surface area contributed by atoms with Crippen molar-refractivity contribution in [1.29, 1.82) is 0 Å². The molecule has 1 heterocycles. The molecule has 1 aromatic heterocycles. The van der Waals surface area contributed by atoms with Crippen LogP contribution in [0.4, 0.5) is 5.00 Å². The SMILES string of the molecule is CNC(=O)CSc1nc(-c2ccccc2)c(NC(=O)C=Cc2ccccc2)s1. The lowest BCUT2D eigenvalue weighted by atomic mass is 10.1. The van der Waals surface area contributed by atoms with Crippen LogP contribution in [0.25, 0.3) is 17.3 Å². The summed E-state index contributed by atoms with van der Waals surface area (Å²) < 4.78 is 0.727. The smallest absolute Gasteiger partial charge is 0.249 e. The van der Waals surface area contributed by atoms with E-state index in [0.717, 1.165) is 15.5 Å². The monoisotopic (exact) mass is 409 g/mol. The van der Waals surface area contributed by atoms with Gasteiger partial charge in [-0.2, -0.15) is 0 Å². The van der Waals surface area contributed by atoms with Gasteiger partial charge in [-0.05, 0) is 11.6 Å². The summed E-state index contributed by atoms with van der Waals surface area (Å²) in [5.41, 5.74) is 2.56. The molecule has 0 unspecified atom stereocenters. The van der Waals surface area contributed by atoms with Gasteiger partial charge in [-0.15, -0.1) is 0 Å². The first-order valence-corrected chi connectivity index (χ1v) is 10.4. The largest absolute Gasteiger partial charge is 0.358 e. The van der Waals surface area contributed by atoms with Crippen molar-refractivity contribution in [3.05, 3.63) is 72.3 Å². The Labute approximate surface area is 171 Å². The van der Waals surface area contributed by atoms with Crippen LogP contribution in [0.15, 0.2) is 71.1 Å². The summed E-state index contributed by atoms with van der Waals surface area (Å²) in [5, 5.41) is 6.17. The number of aromatic nitrogens is 1. The number of nitrogens with one attached hydrogen (secondary N) is 2. The van der Waals surface area contributed by atoms with Gasteiger partial charge in [0.25, 0.3) is 0 Å². The van der Waals surface area contributed by atoms with Crippen molar-refractivity contribution < 1.29 is 9.59 Å². The van der Waals surface area contributed by atoms with Gasteiger partial charge in [0.2, 0.25) is 11.8 Å². The van der Waals surface area contributed by atoms with Crippen LogP contribution in [-0.2, 0) is 9.59 Å². The fourth-order valence-corrected chi connectivity index (χ4v) is 4.27. The summed E-state index contributed by atoms with van der Waals surface area (Å²) >= 11 is 2.71. The van der Waals surface area contributed by atoms with Crippen molar-refractivity contribution in [2.45, 2.75) is 4.34 Å². The lowest BCUT2D eigenvalue weighted by Crippen LogP contribution is -2.19. The molecule has 0 aliphatic heterocycles. The Morgan fingerprint density at radius 3 is 2.43 bits per heavy atom. The van der Waals surface area contributed by atoms with Gasteiger partial charge in [-0.1, -0.05) is 83.8 Å². The molecular weight excluding hydrogens is 390 g/mol. The zero-order chi connectivity index (χ0) is 19.8. The molecule has 7 heteroatoms. The number of carbonyl (C=O) groups excluding carboxylic acids is 2. The maximum Gasteiger partial charge on any atom is 0.249 e. The average Bonchev–Trinajstić information content (AvgIpc) is 3.14.